The molecule has 1 aromatic carbocycles. The molecule has 4 aliphatic rings. The molecule has 4 aliphatic carbocycles. The van der Waals surface area contributed by atoms with Crippen molar-refractivity contribution in [3.8, 4) is 11.4 Å². The van der Waals surface area contributed by atoms with Gasteiger partial charge in [-0.2, -0.15) is 0 Å². The highest BCUT2D eigenvalue weighted by molar-refractivity contribution is 5.87. The van der Waals surface area contributed by atoms with Crippen LogP contribution in [0.4, 0.5) is 0 Å². The van der Waals surface area contributed by atoms with E-state index in [4.69, 9.17) is 0 Å². The van der Waals surface area contributed by atoms with E-state index < -0.39 is 5.97 Å². The zero-order valence-corrected chi connectivity index (χ0v) is 16.9. The fraction of sp³-hybridized carbons (Fsp3) is 0.583. The highest BCUT2D eigenvalue weighted by atomic mass is 16.4. The van der Waals surface area contributed by atoms with Crippen LogP contribution < -0.4 is 0 Å². The number of imidazole rings is 1. The van der Waals surface area contributed by atoms with Crippen molar-refractivity contribution in [1.82, 2.24) is 9.97 Å². The Hall–Kier alpha value is -2.10. The van der Waals surface area contributed by atoms with Crippen LogP contribution in [0.1, 0.15) is 72.3 Å². The summed E-state index contributed by atoms with van der Waals surface area (Å²) in [5, 5.41) is 9.72. The molecule has 6 rings (SSSR count). The van der Waals surface area contributed by atoms with Crippen LogP contribution >= 0.6 is 0 Å². The number of aryl methyl sites for hydroxylation is 3. The van der Waals surface area contributed by atoms with Crippen molar-refractivity contribution in [2.45, 2.75) is 65.2 Å². The van der Waals surface area contributed by atoms with E-state index in [-0.39, 0.29) is 5.69 Å². The van der Waals surface area contributed by atoms with Gasteiger partial charge in [0.15, 0.2) is 5.69 Å². The number of nitrogens with zero attached hydrogens (tertiary/aromatic N) is 1. The normalized spacial score (nSPS) is 30.7. The summed E-state index contributed by atoms with van der Waals surface area (Å²) in [7, 11) is 0. The molecule has 4 fully saturated rings. The van der Waals surface area contributed by atoms with E-state index >= 15 is 0 Å². The summed E-state index contributed by atoms with van der Waals surface area (Å²) in [6, 6.07) is 6.21. The van der Waals surface area contributed by atoms with Gasteiger partial charge < -0.3 is 10.1 Å². The van der Waals surface area contributed by atoms with Gasteiger partial charge in [-0.25, -0.2) is 9.78 Å². The van der Waals surface area contributed by atoms with E-state index in [1.165, 1.54) is 44.1 Å². The number of aromatic carboxylic acids is 1. The first kappa shape index (κ1) is 18.0. The molecule has 0 amide bonds. The van der Waals surface area contributed by atoms with Gasteiger partial charge in [0.2, 0.25) is 0 Å². The van der Waals surface area contributed by atoms with E-state index in [0.29, 0.717) is 11.2 Å². The van der Waals surface area contributed by atoms with Gasteiger partial charge in [-0.1, -0.05) is 23.8 Å². The van der Waals surface area contributed by atoms with E-state index in [9.17, 15) is 9.90 Å². The largest absolute Gasteiger partial charge is 0.476 e. The quantitative estimate of drug-likeness (QED) is 0.718. The van der Waals surface area contributed by atoms with Crippen molar-refractivity contribution in [3.63, 3.8) is 0 Å². The van der Waals surface area contributed by atoms with Gasteiger partial charge >= 0.3 is 5.97 Å². The molecular weight excluding hydrogens is 348 g/mol. The number of benzene rings is 1. The fourth-order valence-electron chi connectivity index (χ4n) is 6.96. The van der Waals surface area contributed by atoms with Crippen molar-refractivity contribution in [2.75, 3.05) is 0 Å². The lowest BCUT2D eigenvalue weighted by molar-refractivity contribution is -0.0571. The number of hydrogen-bond acceptors (Lipinski definition) is 2. The van der Waals surface area contributed by atoms with Crippen LogP contribution in [0.25, 0.3) is 11.4 Å². The molecule has 2 aromatic rings. The molecule has 28 heavy (non-hydrogen) atoms. The van der Waals surface area contributed by atoms with Gasteiger partial charge in [0.25, 0.3) is 0 Å². The molecule has 0 radical (unpaired) electrons. The van der Waals surface area contributed by atoms with Crippen LogP contribution in [0, 0.1) is 37.0 Å². The van der Waals surface area contributed by atoms with Crippen LogP contribution in [0.5, 0.6) is 0 Å². The minimum atomic E-state index is -0.923. The van der Waals surface area contributed by atoms with Gasteiger partial charge in [-0.05, 0) is 93.9 Å². The summed E-state index contributed by atoms with van der Waals surface area (Å²) in [4.78, 5) is 19.7. The molecule has 0 spiro atoms. The predicted molar refractivity (Wildman–Crippen MR) is 109 cm³/mol. The Balaban J connectivity index is 1.40. The zero-order chi connectivity index (χ0) is 19.5. The molecule has 148 valence electrons. The number of aromatic amines is 1. The molecule has 4 saturated carbocycles. The van der Waals surface area contributed by atoms with E-state index in [1.807, 2.05) is 6.07 Å². The van der Waals surface area contributed by atoms with Gasteiger partial charge in [-0.3, -0.25) is 0 Å². The van der Waals surface area contributed by atoms with Crippen LogP contribution in [-0.4, -0.2) is 21.0 Å². The zero-order valence-electron chi connectivity index (χ0n) is 16.9. The summed E-state index contributed by atoms with van der Waals surface area (Å²) in [5.74, 6) is 2.55. The summed E-state index contributed by atoms with van der Waals surface area (Å²) in [6.45, 7) is 4.12. The van der Waals surface area contributed by atoms with Gasteiger partial charge in [-0.15, -0.1) is 0 Å². The number of nitrogens with one attached hydrogen (secondary N) is 1. The second kappa shape index (κ2) is 6.47. The van der Waals surface area contributed by atoms with E-state index in [2.05, 4.69) is 35.9 Å². The summed E-state index contributed by atoms with van der Waals surface area (Å²) >= 11 is 0. The third kappa shape index (κ3) is 3.07. The first-order valence-electron chi connectivity index (χ1n) is 10.8. The molecule has 0 saturated heterocycles. The summed E-state index contributed by atoms with van der Waals surface area (Å²) < 4.78 is 0. The minimum absolute atomic E-state index is 0.208. The molecule has 4 nitrogen and oxygen atoms in total. The lowest BCUT2D eigenvalue weighted by Gasteiger charge is -2.57. The maximum absolute atomic E-state index is 11.8. The van der Waals surface area contributed by atoms with Crippen molar-refractivity contribution in [1.29, 1.82) is 0 Å². The van der Waals surface area contributed by atoms with Gasteiger partial charge in [0.05, 0.1) is 0 Å². The standard InChI is InChI=1S/C24H30N2O2/c1-14-3-4-19(15(2)7-14)22-25-20(21(26-22)23(27)28)5-6-24-11-16-8-17(12-24)10-18(9-16)13-24/h3-4,7,16-18H,5-6,8-13H2,1-2H3,(H,25,26)(H,27,28). The van der Waals surface area contributed by atoms with Crippen LogP contribution in [0.2, 0.25) is 0 Å². The number of carbonyl (C=O) groups is 1. The maximum atomic E-state index is 11.8. The van der Waals surface area contributed by atoms with Crippen LogP contribution in [0.3, 0.4) is 0 Å². The van der Waals surface area contributed by atoms with Crippen LogP contribution in [-0.2, 0) is 6.42 Å². The van der Waals surface area contributed by atoms with Crippen molar-refractivity contribution >= 4 is 5.97 Å². The van der Waals surface area contributed by atoms with Gasteiger partial charge in [0, 0.05) is 11.3 Å². The average molecular weight is 379 g/mol. The fourth-order valence-corrected chi connectivity index (χ4v) is 6.96. The molecule has 1 aromatic heterocycles. The van der Waals surface area contributed by atoms with Crippen LogP contribution in [0.15, 0.2) is 18.2 Å². The molecule has 4 bridgehead atoms. The molecule has 0 unspecified atom stereocenters. The SMILES string of the molecule is Cc1ccc(-c2nc(C(=O)O)c(CCC34CC5CC(CC(C5)C3)C4)[nH]2)c(C)c1. The van der Waals surface area contributed by atoms with Crippen molar-refractivity contribution in [2.24, 2.45) is 23.2 Å². The average Bonchev–Trinajstić information content (AvgIpc) is 3.03. The number of hydrogen-bond donors (Lipinski definition) is 2. The Labute approximate surface area is 166 Å². The Morgan fingerprint density at radius 3 is 2.36 bits per heavy atom. The minimum Gasteiger partial charge on any atom is -0.476 e. The van der Waals surface area contributed by atoms with Crippen molar-refractivity contribution in [3.05, 3.63) is 40.7 Å². The third-order valence-corrected chi connectivity index (χ3v) is 7.69. The lowest BCUT2D eigenvalue weighted by Crippen LogP contribution is -2.46. The molecular formula is C24H30N2O2. The Morgan fingerprint density at radius 2 is 1.79 bits per heavy atom. The first-order valence-corrected chi connectivity index (χ1v) is 10.8. The van der Waals surface area contributed by atoms with E-state index in [1.54, 1.807) is 0 Å². The topological polar surface area (TPSA) is 66.0 Å². The molecule has 1 heterocycles. The molecule has 0 aliphatic heterocycles. The predicted octanol–water partition coefficient (Wildman–Crippen LogP) is 5.54. The smallest absolute Gasteiger partial charge is 0.356 e. The molecule has 0 atom stereocenters. The van der Waals surface area contributed by atoms with E-state index in [0.717, 1.165) is 47.4 Å². The second-order valence-corrected chi connectivity index (χ2v) is 9.95. The number of aromatic nitrogens is 2. The summed E-state index contributed by atoms with van der Waals surface area (Å²) in [6.07, 6.45) is 10.3. The lowest BCUT2D eigenvalue weighted by atomic mass is 9.48. The monoisotopic (exact) mass is 378 g/mol. The number of H-pyrrole nitrogens is 1. The van der Waals surface area contributed by atoms with Gasteiger partial charge in [0.1, 0.15) is 5.82 Å². The number of rotatable bonds is 5. The highest BCUT2D eigenvalue weighted by Crippen LogP contribution is 2.61. The Morgan fingerprint density at radius 1 is 1.14 bits per heavy atom. The first-order chi connectivity index (χ1) is 13.4. The third-order valence-electron chi connectivity index (χ3n) is 7.69. The second-order valence-electron chi connectivity index (χ2n) is 9.95. The number of carboxylic acids is 1. The number of carboxylic acid groups (broad SMARTS) is 1. The highest BCUT2D eigenvalue weighted by Gasteiger charge is 2.50. The molecule has 2 N–H and O–H groups in total. The van der Waals surface area contributed by atoms with Crippen molar-refractivity contribution < 1.29 is 9.90 Å². The Bertz CT molecular complexity index is 891. The summed E-state index contributed by atoms with van der Waals surface area (Å²) in [5.41, 5.74) is 4.79. The maximum Gasteiger partial charge on any atom is 0.356 e. The molecule has 4 heteroatoms. The Kier molecular flexibility index (Phi) is 4.15.